The van der Waals surface area contributed by atoms with E-state index in [0.717, 1.165) is 4.88 Å². The van der Waals surface area contributed by atoms with Gasteiger partial charge in [-0.25, -0.2) is 4.98 Å². The third-order valence-electron chi connectivity index (χ3n) is 2.22. The van der Waals surface area contributed by atoms with Crippen molar-refractivity contribution in [1.29, 1.82) is 0 Å². The number of aliphatic hydroxyl groups is 1. The van der Waals surface area contributed by atoms with E-state index in [1.54, 1.807) is 24.6 Å². The van der Waals surface area contributed by atoms with Gasteiger partial charge >= 0.3 is 0 Å². The molecule has 0 aromatic carbocycles. The van der Waals surface area contributed by atoms with Gasteiger partial charge in [0.15, 0.2) is 0 Å². The molecule has 0 aliphatic rings. The van der Waals surface area contributed by atoms with Crippen LogP contribution in [0.4, 0.5) is 0 Å². The Bertz CT molecular complexity index is 634. The Morgan fingerprint density at radius 1 is 1.63 bits per heavy atom. The molecule has 0 aliphatic heterocycles. The fourth-order valence-electron chi connectivity index (χ4n) is 1.39. The quantitative estimate of drug-likeness (QED) is 0.829. The molecular formula is C13H12N2O3S. The number of rotatable bonds is 3. The molecule has 0 fully saturated rings. The minimum atomic E-state index is -0.204. The first-order chi connectivity index (χ1) is 9.19. The van der Waals surface area contributed by atoms with Gasteiger partial charge in [-0.05, 0) is 13.0 Å². The Hall–Kier alpha value is -2.10. The molecule has 0 unspecified atom stereocenters. The molecule has 19 heavy (non-hydrogen) atoms. The molecule has 5 nitrogen and oxygen atoms in total. The molecule has 0 saturated carbocycles. The second-order valence-corrected chi connectivity index (χ2v) is 4.62. The molecule has 2 heterocycles. The molecule has 1 amide bonds. The standard InChI is InChI=1S/C13H12N2O3S/c1-9-6-14-12(18-9)7-15-13(17)10-5-11(19-8-10)3-2-4-16/h5-6,8,16H,4,7H2,1H3,(H,15,17). The summed E-state index contributed by atoms with van der Waals surface area (Å²) >= 11 is 1.36. The maximum absolute atomic E-state index is 11.8. The molecule has 0 bridgehead atoms. The zero-order valence-electron chi connectivity index (χ0n) is 10.3. The molecule has 6 heteroatoms. The lowest BCUT2D eigenvalue weighted by Gasteiger charge is -1.99. The van der Waals surface area contributed by atoms with Crippen molar-refractivity contribution in [2.24, 2.45) is 0 Å². The Kier molecular flexibility index (Phi) is 4.34. The fraction of sp³-hybridized carbons (Fsp3) is 0.231. The van der Waals surface area contributed by atoms with Gasteiger partial charge in [0.1, 0.15) is 12.4 Å². The van der Waals surface area contributed by atoms with Crippen molar-refractivity contribution < 1.29 is 14.3 Å². The topological polar surface area (TPSA) is 75.4 Å². The van der Waals surface area contributed by atoms with Crippen LogP contribution in [-0.4, -0.2) is 22.6 Å². The Morgan fingerprint density at radius 3 is 3.16 bits per heavy atom. The lowest BCUT2D eigenvalue weighted by molar-refractivity contribution is 0.0947. The first-order valence-corrected chi connectivity index (χ1v) is 6.45. The minimum Gasteiger partial charge on any atom is -0.444 e. The molecule has 2 N–H and O–H groups in total. The zero-order chi connectivity index (χ0) is 13.7. The highest BCUT2D eigenvalue weighted by Gasteiger charge is 2.09. The van der Waals surface area contributed by atoms with Crippen molar-refractivity contribution in [2.45, 2.75) is 13.5 Å². The normalized spacial score (nSPS) is 9.79. The van der Waals surface area contributed by atoms with Crippen LogP contribution in [0.25, 0.3) is 0 Å². The fourth-order valence-corrected chi connectivity index (χ4v) is 2.14. The minimum absolute atomic E-state index is 0.192. The number of nitrogens with one attached hydrogen (secondary N) is 1. The van der Waals surface area contributed by atoms with Gasteiger partial charge in [0.25, 0.3) is 5.91 Å². The van der Waals surface area contributed by atoms with E-state index in [2.05, 4.69) is 22.1 Å². The summed E-state index contributed by atoms with van der Waals surface area (Å²) in [4.78, 5) is 16.6. The maximum Gasteiger partial charge on any atom is 0.252 e. The van der Waals surface area contributed by atoms with E-state index in [0.29, 0.717) is 17.2 Å². The Morgan fingerprint density at radius 2 is 2.47 bits per heavy atom. The Balaban J connectivity index is 1.94. The second kappa shape index (κ2) is 6.18. The van der Waals surface area contributed by atoms with E-state index in [1.165, 1.54) is 11.3 Å². The van der Waals surface area contributed by atoms with Crippen LogP contribution in [-0.2, 0) is 6.54 Å². The number of aromatic nitrogens is 1. The van der Waals surface area contributed by atoms with Crippen molar-refractivity contribution in [1.82, 2.24) is 10.3 Å². The summed E-state index contributed by atoms with van der Waals surface area (Å²) in [6, 6.07) is 1.68. The number of aliphatic hydroxyl groups excluding tert-OH is 1. The van der Waals surface area contributed by atoms with Crippen LogP contribution in [0.2, 0.25) is 0 Å². The summed E-state index contributed by atoms with van der Waals surface area (Å²) in [5, 5.41) is 13.0. The number of amides is 1. The van der Waals surface area contributed by atoms with Crippen molar-refractivity contribution in [3.05, 3.63) is 39.7 Å². The van der Waals surface area contributed by atoms with Gasteiger partial charge in [-0.1, -0.05) is 11.8 Å². The first-order valence-electron chi connectivity index (χ1n) is 5.57. The Labute approximate surface area is 114 Å². The summed E-state index contributed by atoms with van der Waals surface area (Å²) in [7, 11) is 0. The number of hydrogen-bond acceptors (Lipinski definition) is 5. The van der Waals surface area contributed by atoms with Crippen LogP contribution in [0, 0.1) is 18.8 Å². The van der Waals surface area contributed by atoms with E-state index < -0.39 is 0 Å². The van der Waals surface area contributed by atoms with Crippen molar-refractivity contribution in [3.63, 3.8) is 0 Å². The highest BCUT2D eigenvalue weighted by atomic mass is 32.1. The monoisotopic (exact) mass is 276 g/mol. The smallest absolute Gasteiger partial charge is 0.252 e. The van der Waals surface area contributed by atoms with E-state index in [1.807, 2.05) is 0 Å². The molecule has 0 aliphatic carbocycles. The molecule has 2 rings (SSSR count). The van der Waals surface area contributed by atoms with Gasteiger partial charge in [-0.3, -0.25) is 4.79 Å². The number of carbonyl (C=O) groups excluding carboxylic acids is 1. The summed E-state index contributed by atoms with van der Waals surface area (Å²) in [6.07, 6.45) is 1.61. The van der Waals surface area contributed by atoms with Crippen LogP contribution < -0.4 is 5.32 Å². The third kappa shape index (κ3) is 3.68. The van der Waals surface area contributed by atoms with Crippen LogP contribution in [0.15, 0.2) is 22.1 Å². The molecule has 2 aromatic heterocycles. The number of carbonyl (C=O) groups is 1. The van der Waals surface area contributed by atoms with Gasteiger partial charge in [-0.15, -0.1) is 11.3 Å². The van der Waals surface area contributed by atoms with Crippen LogP contribution in [0.5, 0.6) is 0 Å². The highest BCUT2D eigenvalue weighted by molar-refractivity contribution is 7.10. The molecule has 0 atom stereocenters. The van der Waals surface area contributed by atoms with Crippen molar-refractivity contribution in [3.8, 4) is 11.8 Å². The molecule has 0 saturated heterocycles. The molecule has 0 radical (unpaired) electrons. The van der Waals surface area contributed by atoms with E-state index in [-0.39, 0.29) is 19.1 Å². The number of hydrogen-bond donors (Lipinski definition) is 2. The summed E-state index contributed by atoms with van der Waals surface area (Å²) in [6.45, 7) is 1.85. The average molecular weight is 276 g/mol. The van der Waals surface area contributed by atoms with Crippen molar-refractivity contribution in [2.75, 3.05) is 6.61 Å². The highest BCUT2D eigenvalue weighted by Crippen LogP contribution is 2.13. The maximum atomic E-state index is 11.8. The zero-order valence-corrected chi connectivity index (χ0v) is 11.1. The van der Waals surface area contributed by atoms with Gasteiger partial charge in [0, 0.05) is 5.38 Å². The van der Waals surface area contributed by atoms with Crippen LogP contribution in [0.1, 0.15) is 26.9 Å². The predicted octanol–water partition coefficient (Wildman–Crippen LogP) is 1.32. The van der Waals surface area contributed by atoms with Gasteiger partial charge < -0.3 is 14.8 Å². The second-order valence-electron chi connectivity index (χ2n) is 3.71. The lowest BCUT2D eigenvalue weighted by atomic mass is 10.3. The van der Waals surface area contributed by atoms with E-state index >= 15 is 0 Å². The number of thiophene rings is 1. The summed E-state index contributed by atoms with van der Waals surface area (Å²) in [5.74, 6) is 6.27. The van der Waals surface area contributed by atoms with Gasteiger partial charge in [0.05, 0.1) is 23.2 Å². The van der Waals surface area contributed by atoms with Crippen LogP contribution in [0.3, 0.4) is 0 Å². The van der Waals surface area contributed by atoms with E-state index in [9.17, 15) is 4.79 Å². The molecule has 98 valence electrons. The predicted molar refractivity (Wildman–Crippen MR) is 70.7 cm³/mol. The van der Waals surface area contributed by atoms with Crippen LogP contribution >= 0.6 is 11.3 Å². The SMILES string of the molecule is Cc1cnc(CNC(=O)c2csc(C#CCO)c2)o1. The van der Waals surface area contributed by atoms with Crippen molar-refractivity contribution >= 4 is 17.2 Å². The van der Waals surface area contributed by atoms with Gasteiger partial charge in [0.2, 0.25) is 5.89 Å². The molecular weight excluding hydrogens is 264 g/mol. The molecule has 2 aromatic rings. The number of nitrogens with zero attached hydrogens (tertiary/aromatic N) is 1. The average Bonchev–Trinajstić information content (AvgIpc) is 3.02. The number of aryl methyl sites for hydroxylation is 1. The largest absolute Gasteiger partial charge is 0.444 e. The molecule has 0 spiro atoms. The lowest BCUT2D eigenvalue weighted by Crippen LogP contribution is -2.22. The van der Waals surface area contributed by atoms with Gasteiger partial charge in [-0.2, -0.15) is 0 Å². The third-order valence-corrected chi connectivity index (χ3v) is 3.07. The van der Waals surface area contributed by atoms with E-state index in [4.69, 9.17) is 9.52 Å². The summed E-state index contributed by atoms with van der Waals surface area (Å²) in [5.41, 5.74) is 0.538. The number of oxazole rings is 1. The summed E-state index contributed by atoms with van der Waals surface area (Å²) < 4.78 is 5.25. The first kappa shape index (κ1) is 13.3.